The van der Waals surface area contributed by atoms with Crippen LogP contribution in [0.3, 0.4) is 0 Å². The van der Waals surface area contributed by atoms with Crippen molar-refractivity contribution in [2.24, 2.45) is 0 Å². The fraction of sp³-hybridized carbons (Fsp3) is 0.429. The molecule has 0 aliphatic rings. The van der Waals surface area contributed by atoms with Gasteiger partial charge >= 0.3 is 0 Å². The van der Waals surface area contributed by atoms with Gasteiger partial charge in [0.25, 0.3) is 5.56 Å². The molecule has 0 aromatic carbocycles. The van der Waals surface area contributed by atoms with Crippen molar-refractivity contribution in [3.8, 4) is 5.75 Å². The normalized spacial score (nSPS) is 10.9. The molecule has 0 atom stereocenters. The van der Waals surface area contributed by atoms with E-state index in [1.165, 1.54) is 30.5 Å². The van der Waals surface area contributed by atoms with E-state index in [4.69, 9.17) is 18.6 Å². The molecule has 0 saturated heterocycles. The minimum absolute atomic E-state index is 0.0127. The van der Waals surface area contributed by atoms with E-state index in [0.29, 0.717) is 11.6 Å². The Balaban J connectivity index is 2.18. The molecular weight excluding hydrogens is 308 g/mol. The van der Waals surface area contributed by atoms with E-state index in [2.05, 4.69) is 4.98 Å². The van der Waals surface area contributed by atoms with Crippen LogP contribution in [-0.4, -0.2) is 30.6 Å². The highest BCUT2D eigenvalue weighted by Crippen LogP contribution is 2.24. The second-order valence-electron chi connectivity index (χ2n) is 4.43. The zero-order chi connectivity index (χ0) is 15.9. The van der Waals surface area contributed by atoms with Crippen molar-refractivity contribution in [3.05, 3.63) is 40.5 Å². The molecule has 8 heteroatoms. The maximum Gasteiger partial charge on any atom is 0.294 e. The first-order valence-electron chi connectivity index (χ1n) is 6.53. The summed E-state index contributed by atoms with van der Waals surface area (Å²) in [7, 11) is 3.03. The fourth-order valence-corrected chi connectivity index (χ4v) is 2.59. The number of hydrogen-bond acceptors (Lipinski definition) is 7. The van der Waals surface area contributed by atoms with E-state index in [1.54, 1.807) is 25.5 Å². The first-order chi connectivity index (χ1) is 10.6. The molecule has 0 unspecified atom stereocenters. The Labute approximate surface area is 132 Å². The minimum Gasteiger partial charge on any atom is -0.462 e. The molecule has 7 nitrogen and oxygen atoms in total. The third-order valence-electron chi connectivity index (χ3n) is 2.68. The summed E-state index contributed by atoms with van der Waals surface area (Å²) >= 11 is 1.52. The lowest BCUT2D eigenvalue weighted by Gasteiger charge is -2.11. The van der Waals surface area contributed by atoms with Crippen LogP contribution >= 0.6 is 11.8 Å². The SMILES string of the molecule is COCOc1cc(SCc2coc(C)n2)cn(COC)c1=O. The Morgan fingerprint density at radius 1 is 1.36 bits per heavy atom. The van der Waals surface area contributed by atoms with Gasteiger partial charge in [-0.2, -0.15) is 0 Å². The van der Waals surface area contributed by atoms with Gasteiger partial charge in [-0.15, -0.1) is 11.8 Å². The summed E-state index contributed by atoms with van der Waals surface area (Å²) in [6.07, 6.45) is 3.35. The van der Waals surface area contributed by atoms with E-state index in [0.717, 1.165) is 10.6 Å². The highest BCUT2D eigenvalue weighted by atomic mass is 32.2. The van der Waals surface area contributed by atoms with Crippen molar-refractivity contribution >= 4 is 11.8 Å². The number of nitrogens with zero attached hydrogens (tertiary/aromatic N) is 2. The van der Waals surface area contributed by atoms with Crippen LogP contribution in [0, 0.1) is 6.92 Å². The van der Waals surface area contributed by atoms with E-state index in [1.807, 2.05) is 0 Å². The first kappa shape index (κ1) is 16.6. The van der Waals surface area contributed by atoms with E-state index in [-0.39, 0.29) is 24.8 Å². The van der Waals surface area contributed by atoms with Crippen molar-refractivity contribution < 1.29 is 18.6 Å². The number of thioether (sulfide) groups is 1. The van der Waals surface area contributed by atoms with Crippen LogP contribution < -0.4 is 10.3 Å². The zero-order valence-corrected chi connectivity index (χ0v) is 13.5. The van der Waals surface area contributed by atoms with Gasteiger partial charge in [-0.3, -0.25) is 9.36 Å². The van der Waals surface area contributed by atoms with Crippen molar-refractivity contribution in [3.63, 3.8) is 0 Å². The van der Waals surface area contributed by atoms with Gasteiger partial charge < -0.3 is 18.6 Å². The molecule has 0 bridgehead atoms. The Morgan fingerprint density at radius 2 is 2.18 bits per heavy atom. The van der Waals surface area contributed by atoms with E-state index >= 15 is 0 Å². The molecular formula is C14H18N2O5S. The van der Waals surface area contributed by atoms with Crippen LogP contribution in [0.25, 0.3) is 0 Å². The summed E-state index contributed by atoms with van der Waals surface area (Å²) < 4.78 is 21.8. The number of hydrogen-bond donors (Lipinski definition) is 0. The molecule has 2 heterocycles. The quantitative estimate of drug-likeness (QED) is 0.542. The third-order valence-corrected chi connectivity index (χ3v) is 3.68. The largest absolute Gasteiger partial charge is 0.462 e. The maximum absolute atomic E-state index is 12.2. The Bertz CT molecular complexity index is 667. The van der Waals surface area contributed by atoms with Gasteiger partial charge in [0.1, 0.15) is 13.0 Å². The topological polar surface area (TPSA) is 75.7 Å². The summed E-state index contributed by atoms with van der Waals surface area (Å²) in [6, 6.07) is 1.69. The minimum atomic E-state index is -0.263. The zero-order valence-electron chi connectivity index (χ0n) is 12.7. The summed E-state index contributed by atoms with van der Waals surface area (Å²) in [5.74, 6) is 1.48. The average molecular weight is 326 g/mol. The predicted molar refractivity (Wildman–Crippen MR) is 81.0 cm³/mol. The van der Waals surface area contributed by atoms with Gasteiger partial charge in [-0.1, -0.05) is 0 Å². The van der Waals surface area contributed by atoms with Crippen molar-refractivity contribution in [2.45, 2.75) is 24.3 Å². The molecule has 0 spiro atoms. The van der Waals surface area contributed by atoms with Gasteiger partial charge in [-0.05, 0) is 0 Å². The molecule has 22 heavy (non-hydrogen) atoms. The Hall–Kier alpha value is -1.77. The van der Waals surface area contributed by atoms with Crippen LogP contribution in [0.2, 0.25) is 0 Å². The maximum atomic E-state index is 12.2. The van der Waals surface area contributed by atoms with Gasteiger partial charge in [0.2, 0.25) is 0 Å². The smallest absolute Gasteiger partial charge is 0.294 e. The molecule has 0 aliphatic heterocycles. The molecule has 120 valence electrons. The van der Waals surface area contributed by atoms with Crippen LogP contribution in [0.5, 0.6) is 5.75 Å². The predicted octanol–water partition coefficient (Wildman–Crippen LogP) is 2.02. The molecule has 2 rings (SSSR count). The molecule has 0 fully saturated rings. The van der Waals surface area contributed by atoms with E-state index in [9.17, 15) is 4.79 Å². The van der Waals surface area contributed by atoms with Crippen LogP contribution in [0.1, 0.15) is 11.6 Å². The Kier molecular flexibility index (Phi) is 6.05. The molecule has 2 aromatic rings. The molecule has 2 aromatic heterocycles. The standard InChI is InChI=1S/C14H18N2O5S/c1-10-15-11(6-20-10)7-22-12-4-13(21-9-19-3)14(17)16(5-12)8-18-2/h4-6H,7-9H2,1-3H3. The second-order valence-corrected chi connectivity index (χ2v) is 5.48. The number of rotatable bonds is 8. The average Bonchev–Trinajstić information content (AvgIpc) is 2.92. The van der Waals surface area contributed by atoms with E-state index < -0.39 is 0 Å². The monoisotopic (exact) mass is 326 g/mol. The van der Waals surface area contributed by atoms with Crippen LogP contribution in [-0.2, 0) is 22.0 Å². The molecule has 0 radical (unpaired) electrons. The summed E-state index contributed by atoms with van der Waals surface area (Å²) in [5, 5.41) is 0. The van der Waals surface area contributed by atoms with Crippen molar-refractivity contribution in [2.75, 3.05) is 21.0 Å². The van der Waals surface area contributed by atoms with Crippen LogP contribution in [0.15, 0.2) is 32.6 Å². The summed E-state index contributed by atoms with van der Waals surface area (Å²) in [5.41, 5.74) is 0.576. The highest BCUT2D eigenvalue weighted by Gasteiger charge is 2.10. The Morgan fingerprint density at radius 3 is 2.82 bits per heavy atom. The van der Waals surface area contributed by atoms with Crippen molar-refractivity contribution in [1.82, 2.24) is 9.55 Å². The number of pyridine rings is 1. The highest BCUT2D eigenvalue weighted by molar-refractivity contribution is 7.98. The summed E-state index contributed by atoms with van der Waals surface area (Å²) in [4.78, 5) is 17.3. The number of aryl methyl sites for hydroxylation is 1. The lowest BCUT2D eigenvalue weighted by Crippen LogP contribution is -2.23. The lowest BCUT2D eigenvalue weighted by molar-refractivity contribution is 0.0483. The lowest BCUT2D eigenvalue weighted by atomic mass is 10.4. The molecule has 0 amide bonds. The van der Waals surface area contributed by atoms with Crippen LogP contribution in [0.4, 0.5) is 0 Å². The molecule has 0 N–H and O–H groups in total. The van der Waals surface area contributed by atoms with Gasteiger partial charge in [0.05, 0.1) is 5.69 Å². The van der Waals surface area contributed by atoms with Gasteiger partial charge in [0.15, 0.2) is 18.4 Å². The third kappa shape index (κ3) is 4.36. The fourth-order valence-electron chi connectivity index (χ4n) is 1.75. The van der Waals surface area contributed by atoms with Crippen molar-refractivity contribution in [1.29, 1.82) is 0 Å². The van der Waals surface area contributed by atoms with Gasteiger partial charge in [0, 0.05) is 44.1 Å². The first-order valence-corrected chi connectivity index (χ1v) is 7.51. The number of aromatic nitrogens is 2. The molecule has 0 aliphatic carbocycles. The number of ether oxygens (including phenoxy) is 3. The number of methoxy groups -OCH3 is 2. The second kappa shape index (κ2) is 8.02. The summed E-state index contributed by atoms with van der Waals surface area (Å²) in [6.45, 7) is 1.96. The molecule has 0 saturated carbocycles. The number of oxazole rings is 1. The van der Waals surface area contributed by atoms with Gasteiger partial charge in [-0.25, -0.2) is 4.98 Å².